The minimum absolute atomic E-state index is 0.153. The molecule has 0 saturated carbocycles. The molecular weight excluding hydrogens is 404 g/mol. The van der Waals surface area contributed by atoms with E-state index in [9.17, 15) is 18.4 Å². The quantitative estimate of drug-likeness (QED) is 0.556. The van der Waals surface area contributed by atoms with Crippen molar-refractivity contribution in [3.8, 4) is 5.75 Å². The average Bonchev–Trinajstić information content (AvgIpc) is 2.74. The van der Waals surface area contributed by atoms with E-state index in [0.29, 0.717) is 11.1 Å². The fourth-order valence-electron chi connectivity index (χ4n) is 3.07. The smallest absolute Gasteiger partial charge is 0.335 e. The van der Waals surface area contributed by atoms with E-state index >= 15 is 0 Å². The van der Waals surface area contributed by atoms with E-state index in [-0.39, 0.29) is 18.1 Å². The zero-order valence-electron chi connectivity index (χ0n) is 17.0. The molecule has 0 aromatic heterocycles. The van der Waals surface area contributed by atoms with Crippen LogP contribution in [0.3, 0.4) is 0 Å². The third-order valence-corrected chi connectivity index (χ3v) is 4.81. The Morgan fingerprint density at radius 2 is 1.68 bits per heavy atom. The number of aromatic carboxylic acids is 1. The summed E-state index contributed by atoms with van der Waals surface area (Å²) in [5.74, 6) is -3.56. The Labute approximate surface area is 178 Å². The predicted octanol–water partition coefficient (Wildman–Crippen LogP) is 5.04. The summed E-state index contributed by atoms with van der Waals surface area (Å²) in [4.78, 5) is 23.9. The molecule has 0 heterocycles. The van der Waals surface area contributed by atoms with Gasteiger partial charge < -0.3 is 15.2 Å². The third kappa shape index (κ3) is 5.25. The molecule has 3 rings (SSSR count). The van der Waals surface area contributed by atoms with Gasteiger partial charge in [0.2, 0.25) is 0 Å². The topological polar surface area (TPSA) is 75.6 Å². The lowest BCUT2D eigenvalue weighted by atomic mass is 10.0. The Morgan fingerprint density at radius 3 is 2.29 bits per heavy atom. The molecule has 0 bridgehead atoms. The van der Waals surface area contributed by atoms with Crippen LogP contribution in [0.15, 0.2) is 60.7 Å². The number of benzene rings is 3. The molecule has 1 atom stereocenters. The van der Waals surface area contributed by atoms with Crippen molar-refractivity contribution in [2.45, 2.75) is 26.5 Å². The molecule has 31 heavy (non-hydrogen) atoms. The number of carboxylic acid groups (broad SMARTS) is 1. The monoisotopic (exact) mass is 425 g/mol. The predicted molar refractivity (Wildman–Crippen MR) is 111 cm³/mol. The van der Waals surface area contributed by atoms with Gasteiger partial charge in [-0.05, 0) is 49.7 Å². The normalized spacial score (nSPS) is 11.6. The van der Waals surface area contributed by atoms with Crippen molar-refractivity contribution in [3.63, 3.8) is 0 Å². The summed E-state index contributed by atoms with van der Waals surface area (Å²) in [5, 5.41) is 11.9. The summed E-state index contributed by atoms with van der Waals surface area (Å²) in [6, 6.07) is 14.4. The molecule has 1 amide bonds. The van der Waals surface area contributed by atoms with E-state index in [1.165, 1.54) is 18.2 Å². The number of carbonyl (C=O) groups is 2. The Bertz CT molecular complexity index is 1090. The molecule has 0 unspecified atom stereocenters. The maximum absolute atomic E-state index is 13.8. The van der Waals surface area contributed by atoms with Gasteiger partial charge in [-0.2, -0.15) is 0 Å². The number of aryl methyl sites for hydroxylation is 1. The number of carboxylic acids is 1. The highest BCUT2D eigenvalue weighted by atomic mass is 19.1. The van der Waals surface area contributed by atoms with Crippen LogP contribution in [-0.4, -0.2) is 17.0 Å². The minimum atomic E-state index is -1.03. The number of amides is 1. The first kappa shape index (κ1) is 22.0. The van der Waals surface area contributed by atoms with Crippen LogP contribution >= 0.6 is 0 Å². The lowest BCUT2D eigenvalue weighted by Crippen LogP contribution is -2.28. The third-order valence-electron chi connectivity index (χ3n) is 4.81. The standard InChI is InChI=1S/C24H21F2NO4/c1-14-6-7-18(13-31-22-20(25)4-3-5-21(22)26)19(12-14)23(28)27-15(2)16-8-10-17(11-9-16)24(29)30/h3-12,15H,13H2,1-2H3,(H,27,28)(H,29,30)/t15-/m0/s1. The Morgan fingerprint density at radius 1 is 1.03 bits per heavy atom. The maximum atomic E-state index is 13.8. The molecule has 0 fully saturated rings. The van der Waals surface area contributed by atoms with Gasteiger partial charge in [-0.1, -0.05) is 35.9 Å². The fourth-order valence-corrected chi connectivity index (χ4v) is 3.07. The molecular formula is C24H21F2NO4. The van der Waals surface area contributed by atoms with Gasteiger partial charge in [-0.25, -0.2) is 13.6 Å². The number of nitrogens with one attached hydrogen (secondary N) is 1. The van der Waals surface area contributed by atoms with E-state index < -0.39 is 29.4 Å². The molecule has 0 saturated heterocycles. The zero-order valence-corrected chi connectivity index (χ0v) is 17.0. The number of rotatable bonds is 7. The average molecular weight is 425 g/mol. The van der Waals surface area contributed by atoms with E-state index in [4.69, 9.17) is 9.84 Å². The number of hydrogen-bond acceptors (Lipinski definition) is 3. The van der Waals surface area contributed by atoms with Crippen molar-refractivity contribution in [1.29, 1.82) is 0 Å². The van der Waals surface area contributed by atoms with E-state index in [1.54, 1.807) is 37.3 Å². The van der Waals surface area contributed by atoms with Crippen molar-refractivity contribution in [2.24, 2.45) is 0 Å². The molecule has 3 aromatic rings. The first-order chi connectivity index (χ1) is 14.8. The van der Waals surface area contributed by atoms with Gasteiger partial charge in [-0.3, -0.25) is 4.79 Å². The number of hydrogen-bond donors (Lipinski definition) is 2. The summed E-state index contributed by atoms with van der Waals surface area (Å²) in [6.45, 7) is 3.41. The fraction of sp³-hybridized carbons (Fsp3) is 0.167. The van der Waals surface area contributed by atoms with Crippen LogP contribution in [-0.2, 0) is 6.61 Å². The van der Waals surface area contributed by atoms with Gasteiger partial charge in [0, 0.05) is 11.1 Å². The minimum Gasteiger partial charge on any atom is -0.483 e. The highest BCUT2D eigenvalue weighted by molar-refractivity contribution is 5.96. The molecule has 0 aliphatic carbocycles. The Kier molecular flexibility index (Phi) is 6.65. The summed E-state index contributed by atoms with van der Waals surface area (Å²) in [5.41, 5.74) is 2.52. The van der Waals surface area contributed by atoms with E-state index in [2.05, 4.69) is 5.32 Å². The molecule has 2 N–H and O–H groups in total. The Hall–Kier alpha value is -3.74. The summed E-state index contributed by atoms with van der Waals surface area (Å²) in [6.07, 6.45) is 0. The summed E-state index contributed by atoms with van der Waals surface area (Å²) in [7, 11) is 0. The van der Waals surface area contributed by atoms with Crippen LogP contribution in [0.4, 0.5) is 8.78 Å². The van der Waals surface area contributed by atoms with Crippen molar-refractivity contribution in [2.75, 3.05) is 0 Å². The molecule has 0 spiro atoms. The number of ether oxygens (including phenoxy) is 1. The second kappa shape index (κ2) is 9.38. The lowest BCUT2D eigenvalue weighted by Gasteiger charge is -2.17. The van der Waals surface area contributed by atoms with Gasteiger partial charge in [0.05, 0.1) is 11.6 Å². The van der Waals surface area contributed by atoms with Crippen molar-refractivity contribution < 1.29 is 28.2 Å². The van der Waals surface area contributed by atoms with Gasteiger partial charge in [0.1, 0.15) is 6.61 Å². The molecule has 0 aliphatic heterocycles. The van der Waals surface area contributed by atoms with Gasteiger partial charge in [0.25, 0.3) is 5.91 Å². The number of para-hydroxylation sites is 1. The molecule has 0 aliphatic rings. The number of halogens is 2. The van der Waals surface area contributed by atoms with E-state index in [1.807, 2.05) is 6.92 Å². The second-order valence-corrected chi connectivity index (χ2v) is 7.12. The second-order valence-electron chi connectivity index (χ2n) is 7.12. The van der Waals surface area contributed by atoms with Gasteiger partial charge in [-0.15, -0.1) is 0 Å². The first-order valence-corrected chi connectivity index (χ1v) is 9.56. The van der Waals surface area contributed by atoms with Crippen molar-refractivity contribution in [3.05, 3.63) is 100 Å². The van der Waals surface area contributed by atoms with Crippen molar-refractivity contribution in [1.82, 2.24) is 5.32 Å². The number of carbonyl (C=O) groups excluding carboxylic acids is 1. The summed E-state index contributed by atoms with van der Waals surface area (Å²) < 4.78 is 33.0. The maximum Gasteiger partial charge on any atom is 0.335 e. The van der Waals surface area contributed by atoms with Crippen LogP contribution < -0.4 is 10.1 Å². The Balaban J connectivity index is 1.77. The van der Waals surface area contributed by atoms with E-state index in [0.717, 1.165) is 23.3 Å². The van der Waals surface area contributed by atoms with Crippen LogP contribution in [0, 0.1) is 18.6 Å². The van der Waals surface area contributed by atoms with Crippen LogP contribution in [0.25, 0.3) is 0 Å². The summed E-state index contributed by atoms with van der Waals surface area (Å²) >= 11 is 0. The molecule has 3 aromatic carbocycles. The lowest BCUT2D eigenvalue weighted by molar-refractivity contribution is 0.0696. The van der Waals surface area contributed by atoms with Gasteiger partial charge in [0.15, 0.2) is 17.4 Å². The van der Waals surface area contributed by atoms with Crippen LogP contribution in [0.1, 0.15) is 50.4 Å². The largest absolute Gasteiger partial charge is 0.483 e. The SMILES string of the molecule is Cc1ccc(COc2c(F)cccc2F)c(C(=O)N[C@@H](C)c2ccc(C(=O)O)cc2)c1. The van der Waals surface area contributed by atoms with Crippen molar-refractivity contribution >= 4 is 11.9 Å². The molecule has 0 radical (unpaired) electrons. The van der Waals surface area contributed by atoms with Crippen LogP contribution in [0.2, 0.25) is 0 Å². The van der Waals surface area contributed by atoms with Gasteiger partial charge >= 0.3 is 5.97 Å². The zero-order chi connectivity index (χ0) is 22.5. The molecule has 160 valence electrons. The highest BCUT2D eigenvalue weighted by Gasteiger charge is 2.17. The molecule has 7 heteroatoms. The molecule has 5 nitrogen and oxygen atoms in total. The highest BCUT2D eigenvalue weighted by Crippen LogP contribution is 2.23. The first-order valence-electron chi connectivity index (χ1n) is 9.56. The van der Waals surface area contributed by atoms with Crippen LogP contribution in [0.5, 0.6) is 5.75 Å².